The molecule has 0 radical (unpaired) electrons. The molecule has 0 aromatic carbocycles. The first-order chi connectivity index (χ1) is 34.0. The number of hydrogen-bond donors (Lipinski definition) is 0. The summed E-state index contributed by atoms with van der Waals surface area (Å²) in [5.74, 6) is -0.875. The van der Waals surface area contributed by atoms with Crippen molar-refractivity contribution in [1.29, 1.82) is 0 Å². The summed E-state index contributed by atoms with van der Waals surface area (Å²) in [6, 6.07) is 0. The third-order valence-corrected chi connectivity index (χ3v) is 13.6. The summed E-state index contributed by atoms with van der Waals surface area (Å²) in [5.41, 5.74) is 0. The van der Waals surface area contributed by atoms with Crippen LogP contribution in [0.2, 0.25) is 0 Å². The quantitative estimate of drug-likeness (QED) is 0.0261. The molecule has 0 rings (SSSR count). The lowest BCUT2D eigenvalue weighted by Gasteiger charge is -2.18. The van der Waals surface area contributed by atoms with Gasteiger partial charge in [0.2, 0.25) is 0 Å². The number of hydrogen-bond acceptors (Lipinski definition) is 6. The summed E-state index contributed by atoms with van der Waals surface area (Å²) in [6.07, 6.45) is 70.0. The third-order valence-electron chi connectivity index (χ3n) is 13.6. The van der Waals surface area contributed by atoms with Crippen molar-refractivity contribution >= 4 is 17.9 Å². The largest absolute Gasteiger partial charge is 0.462 e. The van der Waals surface area contributed by atoms with E-state index in [4.69, 9.17) is 14.2 Å². The molecule has 0 saturated carbocycles. The van der Waals surface area contributed by atoms with Gasteiger partial charge in [-0.15, -0.1) is 0 Å². The van der Waals surface area contributed by atoms with Crippen molar-refractivity contribution in [3.05, 3.63) is 36.5 Å². The maximum Gasteiger partial charge on any atom is 0.306 e. The van der Waals surface area contributed by atoms with E-state index in [9.17, 15) is 14.4 Å². The van der Waals surface area contributed by atoms with E-state index in [-0.39, 0.29) is 31.1 Å². The Morgan fingerprint density at radius 3 is 0.841 bits per heavy atom. The number of unbranched alkanes of at least 4 members (excludes halogenated alkanes) is 39. The van der Waals surface area contributed by atoms with Gasteiger partial charge in [-0.25, -0.2) is 0 Å². The summed E-state index contributed by atoms with van der Waals surface area (Å²) < 4.78 is 16.9. The van der Waals surface area contributed by atoms with Gasteiger partial charge in [0.05, 0.1) is 0 Å². The highest BCUT2D eigenvalue weighted by Crippen LogP contribution is 2.17. The summed E-state index contributed by atoms with van der Waals surface area (Å²) in [4.78, 5) is 38.2. The molecule has 0 fully saturated rings. The Morgan fingerprint density at radius 2 is 0.522 bits per heavy atom. The van der Waals surface area contributed by atoms with Crippen molar-refractivity contribution in [3.8, 4) is 0 Å². The molecule has 0 aliphatic heterocycles. The zero-order valence-electron chi connectivity index (χ0n) is 46.3. The molecule has 0 aliphatic rings. The fourth-order valence-electron chi connectivity index (χ4n) is 9.04. The van der Waals surface area contributed by atoms with Gasteiger partial charge >= 0.3 is 17.9 Å². The maximum atomic E-state index is 12.9. The zero-order chi connectivity index (χ0) is 50.0. The molecule has 0 bridgehead atoms. The van der Waals surface area contributed by atoms with Gasteiger partial charge in [0.1, 0.15) is 13.2 Å². The molecule has 0 aromatic heterocycles. The molecule has 0 spiro atoms. The molecule has 0 N–H and O–H groups in total. The Morgan fingerprint density at radius 1 is 0.290 bits per heavy atom. The Kier molecular flexibility index (Phi) is 56.2. The molecular formula is C63H116O6. The highest BCUT2D eigenvalue weighted by molar-refractivity contribution is 5.71. The van der Waals surface area contributed by atoms with Crippen LogP contribution in [0.15, 0.2) is 36.5 Å². The minimum absolute atomic E-state index is 0.0743. The third kappa shape index (κ3) is 56.4. The van der Waals surface area contributed by atoms with Gasteiger partial charge in [-0.3, -0.25) is 14.4 Å². The molecule has 404 valence electrons. The Balaban J connectivity index is 4.32. The summed E-state index contributed by atoms with van der Waals surface area (Å²) in [5, 5.41) is 0. The van der Waals surface area contributed by atoms with Crippen LogP contribution in [-0.4, -0.2) is 37.2 Å². The standard InChI is InChI=1S/C63H116O6/c1-4-7-10-13-16-19-22-25-27-29-30-31-32-34-36-39-42-45-48-51-54-57-63(66)69-60(58-67-61(64)55-52-49-46-43-40-37-24-21-18-15-12-9-6-3)59-68-62(65)56-53-50-47-44-41-38-35-33-28-26-23-20-17-14-11-8-5-2/h17,20,26,28,35,38,60H,4-16,18-19,21-25,27,29-34,36-37,39-59H2,1-3H3/b20-17-,28-26-,38-35-/t60-/m0/s1. The monoisotopic (exact) mass is 969 g/mol. The molecule has 6 heteroatoms. The van der Waals surface area contributed by atoms with E-state index in [2.05, 4.69) is 57.2 Å². The van der Waals surface area contributed by atoms with Gasteiger partial charge in [-0.1, -0.05) is 288 Å². The van der Waals surface area contributed by atoms with Crippen LogP contribution in [-0.2, 0) is 28.6 Å². The van der Waals surface area contributed by atoms with Gasteiger partial charge in [0.15, 0.2) is 6.10 Å². The van der Waals surface area contributed by atoms with Crippen LogP contribution in [0.3, 0.4) is 0 Å². The van der Waals surface area contributed by atoms with E-state index in [0.29, 0.717) is 19.3 Å². The van der Waals surface area contributed by atoms with Gasteiger partial charge in [-0.05, 0) is 57.8 Å². The SMILES string of the molecule is CCCCC/C=C\C/C=C\C/C=C\CCCCCCC(=O)OC[C@H](COC(=O)CCCCCCCCCCCCCCC)OC(=O)CCCCCCCCCCCCCCCCCCCCCCC. The number of carbonyl (C=O) groups excluding carboxylic acids is 3. The summed E-state index contributed by atoms with van der Waals surface area (Å²) >= 11 is 0. The highest BCUT2D eigenvalue weighted by Gasteiger charge is 2.19. The van der Waals surface area contributed by atoms with Gasteiger partial charge in [0.25, 0.3) is 0 Å². The van der Waals surface area contributed by atoms with E-state index in [1.807, 2.05) is 0 Å². The lowest BCUT2D eigenvalue weighted by molar-refractivity contribution is -0.167. The molecule has 0 saturated heterocycles. The van der Waals surface area contributed by atoms with Crippen molar-refractivity contribution in [3.63, 3.8) is 0 Å². The second kappa shape index (κ2) is 58.2. The minimum atomic E-state index is -0.777. The molecule has 0 aliphatic carbocycles. The van der Waals surface area contributed by atoms with Gasteiger partial charge in [0, 0.05) is 19.3 Å². The Bertz CT molecular complexity index is 1160. The van der Waals surface area contributed by atoms with Crippen LogP contribution in [0.5, 0.6) is 0 Å². The maximum absolute atomic E-state index is 12.9. The van der Waals surface area contributed by atoms with E-state index < -0.39 is 6.10 Å². The van der Waals surface area contributed by atoms with Crippen LogP contribution < -0.4 is 0 Å². The number of rotatable bonds is 56. The van der Waals surface area contributed by atoms with E-state index >= 15 is 0 Å². The normalized spacial score (nSPS) is 12.2. The van der Waals surface area contributed by atoms with E-state index in [1.165, 1.54) is 205 Å². The molecule has 0 unspecified atom stereocenters. The summed E-state index contributed by atoms with van der Waals surface area (Å²) in [7, 11) is 0. The van der Waals surface area contributed by atoms with Gasteiger partial charge in [-0.2, -0.15) is 0 Å². The molecular weight excluding hydrogens is 853 g/mol. The number of ether oxygens (including phenoxy) is 3. The molecule has 0 amide bonds. The van der Waals surface area contributed by atoms with Crippen LogP contribution in [0.25, 0.3) is 0 Å². The number of allylic oxidation sites excluding steroid dienone is 6. The first-order valence-corrected chi connectivity index (χ1v) is 30.5. The Labute approximate surface area is 429 Å². The molecule has 0 heterocycles. The fraction of sp³-hybridized carbons (Fsp3) is 0.857. The zero-order valence-corrected chi connectivity index (χ0v) is 46.3. The van der Waals surface area contributed by atoms with Crippen LogP contribution >= 0.6 is 0 Å². The fourth-order valence-corrected chi connectivity index (χ4v) is 9.04. The molecule has 69 heavy (non-hydrogen) atoms. The smallest absolute Gasteiger partial charge is 0.306 e. The first kappa shape index (κ1) is 66.6. The minimum Gasteiger partial charge on any atom is -0.462 e. The molecule has 0 aromatic rings. The van der Waals surface area contributed by atoms with E-state index in [0.717, 1.165) is 83.5 Å². The van der Waals surface area contributed by atoms with Crippen molar-refractivity contribution in [2.75, 3.05) is 13.2 Å². The van der Waals surface area contributed by atoms with E-state index in [1.54, 1.807) is 0 Å². The predicted molar refractivity (Wildman–Crippen MR) is 298 cm³/mol. The van der Waals surface area contributed by atoms with Crippen LogP contribution in [0, 0.1) is 0 Å². The Hall–Kier alpha value is -2.37. The van der Waals surface area contributed by atoms with Crippen molar-refractivity contribution < 1.29 is 28.6 Å². The predicted octanol–water partition coefficient (Wildman–Crippen LogP) is 20.4. The lowest BCUT2D eigenvalue weighted by atomic mass is 10.0. The van der Waals surface area contributed by atoms with Crippen molar-refractivity contribution in [2.24, 2.45) is 0 Å². The lowest BCUT2D eigenvalue weighted by Crippen LogP contribution is -2.30. The van der Waals surface area contributed by atoms with Crippen LogP contribution in [0.1, 0.15) is 329 Å². The molecule has 1 atom stereocenters. The highest BCUT2D eigenvalue weighted by atomic mass is 16.6. The first-order valence-electron chi connectivity index (χ1n) is 30.5. The van der Waals surface area contributed by atoms with Crippen molar-refractivity contribution in [1.82, 2.24) is 0 Å². The van der Waals surface area contributed by atoms with Crippen molar-refractivity contribution in [2.45, 2.75) is 335 Å². The summed E-state index contributed by atoms with van der Waals surface area (Å²) in [6.45, 7) is 6.64. The second-order valence-corrected chi connectivity index (χ2v) is 20.6. The average molecular weight is 970 g/mol. The number of esters is 3. The van der Waals surface area contributed by atoms with Gasteiger partial charge < -0.3 is 14.2 Å². The van der Waals surface area contributed by atoms with Crippen LogP contribution in [0.4, 0.5) is 0 Å². The molecule has 6 nitrogen and oxygen atoms in total. The number of carbonyl (C=O) groups is 3. The average Bonchev–Trinajstić information content (AvgIpc) is 3.35. The second-order valence-electron chi connectivity index (χ2n) is 20.6. The topological polar surface area (TPSA) is 78.9 Å².